The van der Waals surface area contributed by atoms with Crippen LogP contribution in [0.3, 0.4) is 0 Å². The number of likely N-dealkylation sites (tertiary alicyclic amines) is 1. The van der Waals surface area contributed by atoms with Gasteiger partial charge < -0.3 is 10.2 Å². The topological polar surface area (TPSA) is 73.2 Å². The molecule has 7 heteroatoms. The molecule has 2 rings (SSSR count). The van der Waals surface area contributed by atoms with Crippen LogP contribution in [0.1, 0.15) is 18.0 Å². The highest BCUT2D eigenvalue weighted by molar-refractivity contribution is 6.42. The first-order valence-electron chi connectivity index (χ1n) is 6.31. The highest BCUT2D eigenvalue weighted by Crippen LogP contribution is 2.26. The molecule has 0 aromatic heterocycles. The average molecular weight is 326 g/mol. The Morgan fingerprint density at radius 2 is 2.19 bits per heavy atom. The zero-order chi connectivity index (χ0) is 15.6. The predicted molar refractivity (Wildman–Crippen MR) is 78.7 cm³/mol. The summed E-state index contributed by atoms with van der Waals surface area (Å²) in [4.78, 5) is 25.1. The highest BCUT2D eigenvalue weighted by Gasteiger charge is 2.33. The van der Waals surface area contributed by atoms with Crippen molar-refractivity contribution in [3.63, 3.8) is 0 Å². The smallest absolute Gasteiger partial charge is 0.226 e. The highest BCUT2D eigenvalue weighted by atomic mass is 35.5. The first-order chi connectivity index (χ1) is 9.92. The van der Waals surface area contributed by atoms with Crippen molar-refractivity contribution >= 4 is 35.0 Å². The minimum Gasteiger partial charge on any atom is -0.345 e. The van der Waals surface area contributed by atoms with Crippen molar-refractivity contribution in [2.24, 2.45) is 5.92 Å². The van der Waals surface area contributed by atoms with Gasteiger partial charge >= 0.3 is 0 Å². The molecular weight excluding hydrogens is 313 g/mol. The van der Waals surface area contributed by atoms with Gasteiger partial charge in [0.2, 0.25) is 11.8 Å². The van der Waals surface area contributed by atoms with E-state index in [-0.39, 0.29) is 18.2 Å². The second-order valence-electron chi connectivity index (χ2n) is 4.92. The molecule has 21 heavy (non-hydrogen) atoms. The van der Waals surface area contributed by atoms with Gasteiger partial charge in [-0.25, -0.2) is 0 Å². The Kier molecular flexibility index (Phi) is 4.71. The Hall–Kier alpha value is -1.77. The number of nitriles is 1. The monoisotopic (exact) mass is 325 g/mol. The molecule has 1 fully saturated rings. The van der Waals surface area contributed by atoms with E-state index in [0.717, 1.165) is 0 Å². The molecule has 1 aliphatic heterocycles. The molecule has 0 unspecified atom stereocenters. The van der Waals surface area contributed by atoms with E-state index in [0.29, 0.717) is 22.2 Å². The maximum absolute atomic E-state index is 12.1. The van der Waals surface area contributed by atoms with E-state index < -0.39 is 12.0 Å². The normalized spacial score (nSPS) is 19.2. The maximum Gasteiger partial charge on any atom is 0.226 e. The molecule has 0 aliphatic carbocycles. The Bertz CT molecular complexity index is 627. The summed E-state index contributed by atoms with van der Waals surface area (Å²) < 4.78 is 0. The Labute approximate surface area is 132 Å². The zero-order valence-electron chi connectivity index (χ0n) is 11.3. The van der Waals surface area contributed by atoms with Crippen molar-refractivity contribution < 1.29 is 9.59 Å². The fourth-order valence-electron chi connectivity index (χ4n) is 2.18. The number of nitrogens with zero attached hydrogens (tertiary/aromatic N) is 2. The number of carbonyl (C=O) groups excluding carboxylic acids is 2. The van der Waals surface area contributed by atoms with Crippen LogP contribution in [-0.4, -0.2) is 30.3 Å². The zero-order valence-corrected chi connectivity index (χ0v) is 12.8. The summed E-state index contributed by atoms with van der Waals surface area (Å²) in [6.45, 7) is 0.365. The average Bonchev–Trinajstić information content (AvgIpc) is 2.79. The van der Waals surface area contributed by atoms with Gasteiger partial charge in [-0.1, -0.05) is 29.3 Å². The largest absolute Gasteiger partial charge is 0.345 e. The number of carbonyl (C=O) groups is 2. The Morgan fingerprint density at radius 3 is 2.71 bits per heavy atom. The summed E-state index contributed by atoms with van der Waals surface area (Å²) in [5.41, 5.74) is 0.554. The van der Waals surface area contributed by atoms with Crippen molar-refractivity contribution in [2.45, 2.75) is 12.5 Å². The van der Waals surface area contributed by atoms with Crippen LogP contribution >= 0.6 is 23.2 Å². The van der Waals surface area contributed by atoms with E-state index in [1.807, 2.05) is 6.07 Å². The lowest BCUT2D eigenvalue weighted by Crippen LogP contribution is -2.34. The lowest BCUT2D eigenvalue weighted by atomic mass is 10.0. The van der Waals surface area contributed by atoms with Crippen LogP contribution in [0.25, 0.3) is 0 Å². The van der Waals surface area contributed by atoms with Gasteiger partial charge in [0, 0.05) is 20.0 Å². The SMILES string of the molecule is CN1C[C@@H](C(=O)N[C@H](C#N)c2ccc(Cl)c(Cl)c2)CC1=O. The van der Waals surface area contributed by atoms with E-state index in [2.05, 4.69) is 5.32 Å². The van der Waals surface area contributed by atoms with Crippen molar-refractivity contribution in [3.05, 3.63) is 33.8 Å². The molecule has 1 saturated heterocycles. The molecule has 0 radical (unpaired) electrons. The Balaban J connectivity index is 2.09. The molecule has 2 atom stereocenters. The first kappa shape index (κ1) is 15.6. The third-order valence-corrected chi connectivity index (χ3v) is 4.14. The van der Waals surface area contributed by atoms with Crippen molar-refractivity contribution in [2.75, 3.05) is 13.6 Å². The van der Waals surface area contributed by atoms with Crippen molar-refractivity contribution in [1.29, 1.82) is 5.26 Å². The number of benzene rings is 1. The second-order valence-corrected chi connectivity index (χ2v) is 5.73. The molecule has 1 aromatic rings. The fraction of sp³-hybridized carbons (Fsp3) is 0.357. The van der Waals surface area contributed by atoms with Gasteiger partial charge in [0.25, 0.3) is 0 Å². The molecule has 1 aromatic carbocycles. The summed E-state index contributed by atoms with van der Waals surface area (Å²) in [5, 5.41) is 12.5. The van der Waals surface area contributed by atoms with Crippen LogP contribution in [0.2, 0.25) is 10.0 Å². The van der Waals surface area contributed by atoms with Gasteiger partial charge in [0.05, 0.1) is 22.0 Å². The fourth-order valence-corrected chi connectivity index (χ4v) is 2.49. The lowest BCUT2D eigenvalue weighted by Gasteiger charge is -2.15. The van der Waals surface area contributed by atoms with Crippen LogP contribution < -0.4 is 5.32 Å². The molecule has 0 spiro atoms. The number of hydrogen-bond acceptors (Lipinski definition) is 3. The molecule has 0 saturated carbocycles. The summed E-state index contributed by atoms with van der Waals surface area (Å²) in [7, 11) is 1.65. The minimum absolute atomic E-state index is 0.0711. The van der Waals surface area contributed by atoms with E-state index in [9.17, 15) is 14.9 Å². The third kappa shape index (κ3) is 3.46. The molecule has 1 heterocycles. The first-order valence-corrected chi connectivity index (χ1v) is 7.07. The van der Waals surface area contributed by atoms with Gasteiger partial charge in [0.15, 0.2) is 0 Å². The van der Waals surface area contributed by atoms with E-state index >= 15 is 0 Å². The van der Waals surface area contributed by atoms with E-state index in [1.54, 1.807) is 25.2 Å². The van der Waals surface area contributed by atoms with Gasteiger partial charge in [-0.15, -0.1) is 0 Å². The maximum atomic E-state index is 12.1. The van der Waals surface area contributed by atoms with Gasteiger partial charge in [0.1, 0.15) is 6.04 Å². The van der Waals surface area contributed by atoms with Crippen LogP contribution in [0.15, 0.2) is 18.2 Å². The molecule has 1 N–H and O–H groups in total. The predicted octanol–water partition coefficient (Wildman–Crippen LogP) is 2.15. The van der Waals surface area contributed by atoms with Gasteiger partial charge in [-0.3, -0.25) is 9.59 Å². The van der Waals surface area contributed by atoms with Crippen LogP contribution in [-0.2, 0) is 9.59 Å². The number of hydrogen-bond donors (Lipinski definition) is 1. The molecule has 2 amide bonds. The van der Waals surface area contributed by atoms with Crippen LogP contribution in [0.4, 0.5) is 0 Å². The standard InChI is InChI=1S/C14H13Cl2N3O2/c1-19-7-9(5-13(19)20)14(21)18-12(6-17)8-2-3-10(15)11(16)4-8/h2-4,9,12H,5,7H2,1H3,(H,18,21)/t9-,12+/m0/s1. The molecular formula is C14H13Cl2N3O2. The molecule has 5 nitrogen and oxygen atoms in total. The summed E-state index contributed by atoms with van der Waals surface area (Å²) in [6.07, 6.45) is 0.169. The van der Waals surface area contributed by atoms with Gasteiger partial charge in [-0.2, -0.15) is 5.26 Å². The summed E-state index contributed by atoms with van der Waals surface area (Å²) >= 11 is 11.7. The number of halogens is 2. The molecule has 0 bridgehead atoms. The van der Waals surface area contributed by atoms with Crippen LogP contribution in [0.5, 0.6) is 0 Å². The number of amides is 2. The van der Waals surface area contributed by atoms with Gasteiger partial charge in [-0.05, 0) is 17.7 Å². The molecule has 110 valence electrons. The Morgan fingerprint density at radius 1 is 1.48 bits per heavy atom. The molecule has 1 aliphatic rings. The number of nitrogens with one attached hydrogen (secondary N) is 1. The van der Waals surface area contributed by atoms with Crippen molar-refractivity contribution in [1.82, 2.24) is 10.2 Å². The minimum atomic E-state index is -0.826. The summed E-state index contributed by atoms with van der Waals surface area (Å²) in [5.74, 6) is -0.815. The third-order valence-electron chi connectivity index (χ3n) is 3.40. The number of rotatable bonds is 3. The summed E-state index contributed by atoms with van der Waals surface area (Å²) in [6, 6.07) is 5.93. The van der Waals surface area contributed by atoms with E-state index in [4.69, 9.17) is 23.2 Å². The van der Waals surface area contributed by atoms with Crippen LogP contribution in [0, 0.1) is 17.2 Å². The van der Waals surface area contributed by atoms with E-state index in [1.165, 1.54) is 4.90 Å². The lowest BCUT2D eigenvalue weighted by molar-refractivity contribution is -0.128. The second kappa shape index (κ2) is 6.33. The van der Waals surface area contributed by atoms with Crippen molar-refractivity contribution in [3.8, 4) is 6.07 Å². The quantitative estimate of drug-likeness (QED) is 0.925.